The number of carbonyl (C=O) groups is 1. The molecule has 0 saturated carbocycles. The van der Waals surface area contributed by atoms with E-state index in [1.54, 1.807) is 49.5 Å². The van der Waals surface area contributed by atoms with Gasteiger partial charge in [-0.2, -0.15) is 18.2 Å². The van der Waals surface area contributed by atoms with E-state index >= 15 is 0 Å². The summed E-state index contributed by atoms with van der Waals surface area (Å²) >= 11 is 6.01. The van der Waals surface area contributed by atoms with Gasteiger partial charge >= 0.3 is 12.3 Å². The number of amides is 1. The van der Waals surface area contributed by atoms with Crippen LogP contribution in [-0.2, 0) is 22.7 Å². The van der Waals surface area contributed by atoms with Crippen LogP contribution in [0.25, 0.3) is 22.3 Å². The summed E-state index contributed by atoms with van der Waals surface area (Å²) in [6, 6.07) is 2.63. The molecule has 37 heavy (non-hydrogen) atoms. The van der Waals surface area contributed by atoms with E-state index in [0.717, 1.165) is 6.07 Å². The predicted octanol–water partition coefficient (Wildman–Crippen LogP) is 5.11. The lowest BCUT2D eigenvalue weighted by molar-refractivity contribution is -0.139. The molecule has 0 N–H and O–H groups in total. The van der Waals surface area contributed by atoms with Crippen LogP contribution >= 0.6 is 11.6 Å². The number of aryl methyl sites for hydroxylation is 1. The van der Waals surface area contributed by atoms with Gasteiger partial charge in [0.1, 0.15) is 23.4 Å². The minimum Gasteiger partial charge on any atom is -0.475 e. The quantitative estimate of drug-likeness (QED) is 0.316. The second kappa shape index (κ2) is 10.3. The molecule has 0 unspecified atom stereocenters. The molecule has 1 atom stereocenters. The van der Waals surface area contributed by atoms with E-state index < -0.39 is 29.3 Å². The summed E-state index contributed by atoms with van der Waals surface area (Å²) in [5.74, 6) is -0.564. The first-order chi connectivity index (χ1) is 17.3. The molecule has 0 aliphatic carbocycles. The Bertz CT molecular complexity index is 1290. The third kappa shape index (κ3) is 6.42. The van der Waals surface area contributed by atoms with Gasteiger partial charge in [0, 0.05) is 36.9 Å². The minimum absolute atomic E-state index is 0.0275. The van der Waals surface area contributed by atoms with E-state index in [1.165, 1.54) is 6.20 Å². The van der Waals surface area contributed by atoms with Crippen LogP contribution in [-0.4, -0.2) is 68.5 Å². The fraction of sp³-hybridized carbons (Fsp3) is 0.500. The summed E-state index contributed by atoms with van der Waals surface area (Å²) < 4.78 is 59.7. The van der Waals surface area contributed by atoms with Gasteiger partial charge in [0.25, 0.3) is 0 Å². The highest BCUT2D eigenvalue weighted by Gasteiger charge is 2.36. The zero-order valence-electron chi connectivity index (χ0n) is 20.8. The van der Waals surface area contributed by atoms with Crippen molar-refractivity contribution in [3.8, 4) is 17.1 Å². The topological polar surface area (TPSA) is 91.6 Å². The fourth-order valence-corrected chi connectivity index (χ4v) is 4.10. The third-order valence-corrected chi connectivity index (χ3v) is 5.77. The molecular weight excluding hydrogens is 515 g/mol. The van der Waals surface area contributed by atoms with Gasteiger partial charge in [0.15, 0.2) is 0 Å². The van der Waals surface area contributed by atoms with Gasteiger partial charge < -0.3 is 23.7 Å². The smallest absolute Gasteiger partial charge is 0.421 e. The molecule has 200 valence electrons. The Kier molecular flexibility index (Phi) is 7.52. The van der Waals surface area contributed by atoms with Crippen molar-refractivity contribution in [2.24, 2.45) is 7.05 Å². The Hall–Kier alpha value is -3.12. The molecule has 1 aliphatic rings. The number of hydrogen-bond acceptors (Lipinski definition) is 7. The summed E-state index contributed by atoms with van der Waals surface area (Å²) in [6.45, 7) is 6.04. The van der Waals surface area contributed by atoms with Crippen molar-refractivity contribution in [2.45, 2.75) is 45.1 Å². The van der Waals surface area contributed by atoms with Crippen LogP contribution in [0.2, 0.25) is 5.28 Å². The van der Waals surface area contributed by atoms with Gasteiger partial charge in [0.05, 0.1) is 24.9 Å². The largest absolute Gasteiger partial charge is 0.475 e. The standard InChI is InChI=1S/C24H27ClF3N5O4/c1-23(2,3)37-22(34)33-8-5-15(13-33)35-9-10-36-20-17(24(26,27)28)11-14(12-29-20)18-16-6-7-32(4)19(16)31-21(25)30-18/h6-7,11-12,15H,5,8-10,13H2,1-4H3/t15-/m1/s1. The molecule has 1 fully saturated rings. The first-order valence-corrected chi connectivity index (χ1v) is 12.0. The average Bonchev–Trinajstić information content (AvgIpc) is 3.42. The number of hydrogen-bond donors (Lipinski definition) is 0. The van der Waals surface area contributed by atoms with Crippen molar-refractivity contribution in [3.63, 3.8) is 0 Å². The number of nitrogens with zero attached hydrogens (tertiary/aromatic N) is 5. The van der Waals surface area contributed by atoms with Gasteiger partial charge in [-0.15, -0.1) is 0 Å². The average molecular weight is 542 g/mol. The van der Waals surface area contributed by atoms with Gasteiger partial charge in [-0.1, -0.05) is 0 Å². The summed E-state index contributed by atoms with van der Waals surface area (Å²) in [5.41, 5.74) is -0.794. The lowest BCUT2D eigenvalue weighted by Gasteiger charge is -2.24. The maximum absolute atomic E-state index is 13.9. The second-order valence-electron chi connectivity index (χ2n) is 9.64. The molecule has 4 heterocycles. The highest BCUT2D eigenvalue weighted by molar-refractivity contribution is 6.28. The predicted molar refractivity (Wildman–Crippen MR) is 129 cm³/mol. The summed E-state index contributed by atoms with van der Waals surface area (Å²) in [5, 5.41) is 0.452. The van der Waals surface area contributed by atoms with Crippen LogP contribution in [0.5, 0.6) is 5.88 Å². The molecule has 13 heteroatoms. The van der Waals surface area contributed by atoms with E-state index in [-0.39, 0.29) is 35.9 Å². The highest BCUT2D eigenvalue weighted by atomic mass is 35.5. The van der Waals surface area contributed by atoms with Crippen molar-refractivity contribution in [1.82, 2.24) is 24.4 Å². The van der Waals surface area contributed by atoms with Crippen molar-refractivity contribution >= 4 is 28.7 Å². The lowest BCUT2D eigenvalue weighted by Crippen LogP contribution is -2.36. The summed E-state index contributed by atoms with van der Waals surface area (Å²) in [7, 11) is 1.74. The zero-order valence-corrected chi connectivity index (χ0v) is 21.6. The monoisotopic (exact) mass is 541 g/mol. The Morgan fingerprint density at radius 1 is 1.22 bits per heavy atom. The van der Waals surface area contributed by atoms with Crippen LogP contribution in [0.4, 0.5) is 18.0 Å². The third-order valence-electron chi connectivity index (χ3n) is 5.60. The molecule has 0 bridgehead atoms. The normalized spacial score (nSPS) is 16.4. The number of carbonyl (C=O) groups excluding carboxylic acids is 1. The number of alkyl halides is 3. The molecule has 0 aromatic carbocycles. The van der Waals surface area contributed by atoms with Crippen LogP contribution in [0, 0.1) is 0 Å². The number of likely N-dealkylation sites (tertiary alicyclic amines) is 1. The zero-order chi connectivity index (χ0) is 27.0. The highest BCUT2D eigenvalue weighted by Crippen LogP contribution is 2.38. The van der Waals surface area contributed by atoms with Crippen molar-refractivity contribution in [1.29, 1.82) is 0 Å². The Morgan fingerprint density at radius 3 is 2.68 bits per heavy atom. The molecule has 0 radical (unpaired) electrons. The molecule has 1 saturated heterocycles. The van der Waals surface area contributed by atoms with Crippen molar-refractivity contribution in [3.05, 3.63) is 35.4 Å². The van der Waals surface area contributed by atoms with Gasteiger partial charge in [-0.3, -0.25) is 0 Å². The maximum atomic E-state index is 13.9. The molecule has 9 nitrogen and oxygen atoms in total. The Labute approximate surface area is 216 Å². The summed E-state index contributed by atoms with van der Waals surface area (Å²) in [6.07, 6.45) is -1.84. The number of fused-ring (bicyclic) bond motifs is 1. The number of rotatable bonds is 6. The summed E-state index contributed by atoms with van der Waals surface area (Å²) in [4.78, 5) is 25.9. The lowest BCUT2D eigenvalue weighted by atomic mass is 10.1. The molecule has 0 spiro atoms. The fourth-order valence-electron chi connectivity index (χ4n) is 3.94. The van der Waals surface area contributed by atoms with Gasteiger partial charge in [0.2, 0.25) is 11.2 Å². The van der Waals surface area contributed by atoms with Crippen molar-refractivity contribution in [2.75, 3.05) is 26.3 Å². The van der Waals surface area contributed by atoms with E-state index in [1.807, 2.05) is 0 Å². The minimum atomic E-state index is -4.72. The van der Waals surface area contributed by atoms with Crippen LogP contribution < -0.4 is 4.74 Å². The first kappa shape index (κ1) is 26.9. The maximum Gasteiger partial charge on any atom is 0.421 e. The van der Waals surface area contributed by atoms with Gasteiger partial charge in [-0.05, 0) is 50.9 Å². The molecule has 1 aliphatic heterocycles. The number of pyridine rings is 1. The van der Waals surface area contributed by atoms with E-state index in [4.69, 9.17) is 25.8 Å². The molecule has 4 rings (SSSR count). The van der Waals surface area contributed by atoms with Crippen LogP contribution in [0.15, 0.2) is 24.5 Å². The van der Waals surface area contributed by atoms with Gasteiger partial charge in [-0.25, -0.2) is 14.8 Å². The Morgan fingerprint density at radius 2 is 1.97 bits per heavy atom. The molecule has 1 amide bonds. The van der Waals surface area contributed by atoms with Crippen molar-refractivity contribution < 1.29 is 32.2 Å². The Balaban J connectivity index is 1.41. The first-order valence-electron chi connectivity index (χ1n) is 11.6. The van der Waals surface area contributed by atoms with E-state index in [0.29, 0.717) is 30.5 Å². The van der Waals surface area contributed by atoms with E-state index in [2.05, 4.69) is 15.0 Å². The number of aromatic nitrogens is 4. The molecule has 3 aromatic rings. The number of ether oxygens (including phenoxy) is 3. The van der Waals surface area contributed by atoms with E-state index in [9.17, 15) is 18.0 Å². The molecular formula is C24H27ClF3N5O4. The second-order valence-corrected chi connectivity index (χ2v) is 9.97. The SMILES string of the molecule is Cn1ccc2c(-c3cnc(OCCO[C@@H]4CCN(C(=O)OC(C)(C)C)C4)c(C(F)(F)F)c3)nc(Cl)nc21. The molecule has 3 aromatic heterocycles. The van der Waals surface area contributed by atoms with Crippen LogP contribution in [0.1, 0.15) is 32.8 Å². The number of halogens is 4. The van der Waals surface area contributed by atoms with Crippen LogP contribution in [0.3, 0.4) is 0 Å².